The van der Waals surface area contributed by atoms with Gasteiger partial charge in [0.2, 0.25) is 0 Å². The molecule has 140 valence electrons. The zero-order chi connectivity index (χ0) is 19.8. The molecule has 0 radical (unpaired) electrons. The highest BCUT2D eigenvalue weighted by Gasteiger charge is 2.17. The summed E-state index contributed by atoms with van der Waals surface area (Å²) in [5, 5.41) is 0. The maximum Gasteiger partial charge on any atom is 0.126 e. The van der Waals surface area contributed by atoms with Crippen LogP contribution < -0.4 is 4.90 Å². The van der Waals surface area contributed by atoms with E-state index in [-0.39, 0.29) is 5.82 Å². The Hall–Kier alpha value is -3.13. The number of allylic oxidation sites excluding steroid dienone is 2. The molecule has 0 N–H and O–H groups in total. The fourth-order valence-corrected chi connectivity index (χ4v) is 3.91. The monoisotopic (exact) mass is 369 g/mol. The van der Waals surface area contributed by atoms with E-state index in [1.54, 1.807) is 6.07 Å². The lowest BCUT2D eigenvalue weighted by atomic mass is 9.87. The molecule has 4 rings (SSSR count). The summed E-state index contributed by atoms with van der Waals surface area (Å²) in [5.74, 6) is -0.167. The maximum atomic E-state index is 13.9. The summed E-state index contributed by atoms with van der Waals surface area (Å²) in [6.07, 6.45) is 5.00. The molecule has 0 atom stereocenters. The molecule has 3 aromatic rings. The van der Waals surface area contributed by atoms with Crippen molar-refractivity contribution in [1.82, 2.24) is 0 Å². The molecule has 0 spiro atoms. The second kappa shape index (κ2) is 7.12. The zero-order valence-electron chi connectivity index (χ0n) is 16.6. The highest BCUT2D eigenvalue weighted by Crippen LogP contribution is 2.40. The Bertz CT molecular complexity index is 1110. The molecule has 1 aliphatic rings. The highest BCUT2D eigenvalue weighted by molar-refractivity contribution is 5.91. The van der Waals surface area contributed by atoms with Gasteiger partial charge in [-0.2, -0.15) is 0 Å². The molecule has 1 aliphatic heterocycles. The molecule has 3 aromatic carbocycles. The van der Waals surface area contributed by atoms with E-state index in [0.29, 0.717) is 5.56 Å². The normalized spacial score (nSPS) is 13.0. The molecule has 0 saturated heterocycles. The van der Waals surface area contributed by atoms with Gasteiger partial charge < -0.3 is 4.90 Å². The Morgan fingerprint density at radius 2 is 1.75 bits per heavy atom. The highest BCUT2D eigenvalue weighted by atomic mass is 19.1. The predicted octanol–water partition coefficient (Wildman–Crippen LogP) is 7.01. The van der Waals surface area contributed by atoms with E-state index >= 15 is 0 Å². The number of rotatable bonds is 3. The number of hydrogen-bond acceptors (Lipinski definition) is 1. The van der Waals surface area contributed by atoms with Crippen LogP contribution in [0, 0.1) is 12.7 Å². The second-order valence-electron chi connectivity index (χ2n) is 7.34. The Kier molecular flexibility index (Phi) is 4.64. The molecule has 0 amide bonds. The van der Waals surface area contributed by atoms with Crippen LogP contribution in [0.2, 0.25) is 0 Å². The fraction of sp³-hybridized carbons (Fsp3) is 0.154. The maximum absolute atomic E-state index is 13.9. The van der Waals surface area contributed by atoms with Crippen molar-refractivity contribution in [3.05, 3.63) is 96.0 Å². The summed E-state index contributed by atoms with van der Waals surface area (Å²) in [4.78, 5) is 2.12. The lowest BCUT2D eigenvalue weighted by molar-refractivity contribution is 0.619. The van der Waals surface area contributed by atoms with Gasteiger partial charge >= 0.3 is 0 Å². The molecule has 0 fully saturated rings. The van der Waals surface area contributed by atoms with Crippen LogP contribution in [0.15, 0.2) is 73.5 Å². The van der Waals surface area contributed by atoms with Gasteiger partial charge in [-0.15, -0.1) is 0 Å². The van der Waals surface area contributed by atoms with E-state index in [2.05, 4.69) is 61.8 Å². The average molecular weight is 369 g/mol. The minimum atomic E-state index is -0.167. The molecule has 28 heavy (non-hydrogen) atoms. The zero-order valence-corrected chi connectivity index (χ0v) is 16.6. The number of hydrogen-bond donors (Lipinski definition) is 0. The van der Waals surface area contributed by atoms with Crippen molar-refractivity contribution in [2.24, 2.45) is 0 Å². The first-order chi connectivity index (χ1) is 13.5. The van der Waals surface area contributed by atoms with Crippen LogP contribution in [0.3, 0.4) is 0 Å². The number of halogens is 1. The third-order valence-corrected chi connectivity index (χ3v) is 5.51. The summed E-state index contributed by atoms with van der Waals surface area (Å²) in [5.41, 5.74) is 9.81. The summed E-state index contributed by atoms with van der Waals surface area (Å²) >= 11 is 0. The quantitative estimate of drug-likeness (QED) is 0.480. The molecular weight excluding hydrogens is 345 g/mol. The number of aryl methyl sites for hydroxylation is 2. The van der Waals surface area contributed by atoms with Crippen LogP contribution in [-0.2, 0) is 6.42 Å². The number of nitrogens with zero attached hydrogens (tertiary/aromatic N) is 1. The van der Waals surface area contributed by atoms with Gasteiger partial charge in [0.1, 0.15) is 5.82 Å². The summed E-state index contributed by atoms with van der Waals surface area (Å²) < 4.78 is 13.9. The van der Waals surface area contributed by atoms with Gasteiger partial charge in [0.25, 0.3) is 0 Å². The van der Waals surface area contributed by atoms with Crippen molar-refractivity contribution in [2.75, 3.05) is 11.9 Å². The summed E-state index contributed by atoms with van der Waals surface area (Å²) in [6, 6.07) is 18.3. The molecule has 0 bridgehead atoms. The number of benzene rings is 3. The number of fused-ring (bicyclic) bond motifs is 1. The van der Waals surface area contributed by atoms with Gasteiger partial charge in [-0.25, -0.2) is 4.39 Å². The molecule has 2 heteroatoms. The van der Waals surface area contributed by atoms with Crippen molar-refractivity contribution < 1.29 is 4.39 Å². The van der Waals surface area contributed by atoms with Crippen molar-refractivity contribution in [2.45, 2.75) is 20.3 Å². The van der Waals surface area contributed by atoms with E-state index < -0.39 is 0 Å². The summed E-state index contributed by atoms with van der Waals surface area (Å²) in [6.45, 7) is 8.13. The number of anilines is 1. The molecule has 0 unspecified atom stereocenters. The molecular formula is C26H24FN. The lowest BCUT2D eigenvalue weighted by Crippen LogP contribution is -2.13. The van der Waals surface area contributed by atoms with E-state index in [1.807, 2.05) is 31.3 Å². The van der Waals surface area contributed by atoms with Crippen LogP contribution >= 0.6 is 0 Å². The van der Waals surface area contributed by atoms with Gasteiger partial charge in [-0.1, -0.05) is 49.9 Å². The Morgan fingerprint density at radius 3 is 2.50 bits per heavy atom. The topological polar surface area (TPSA) is 3.24 Å². The van der Waals surface area contributed by atoms with Crippen LogP contribution in [0.4, 0.5) is 10.1 Å². The minimum absolute atomic E-state index is 0.167. The Balaban J connectivity index is 1.93. The second-order valence-corrected chi connectivity index (χ2v) is 7.34. The SMILES string of the molecule is C=C1C=CN(C)c2cc(-c3cccc(CC)c3-c3ccc(F)c(C)c3)ccc21. The Morgan fingerprint density at radius 1 is 0.964 bits per heavy atom. The lowest BCUT2D eigenvalue weighted by Gasteiger charge is -2.25. The van der Waals surface area contributed by atoms with E-state index in [1.165, 1.54) is 16.7 Å². The van der Waals surface area contributed by atoms with E-state index in [4.69, 9.17) is 0 Å². The van der Waals surface area contributed by atoms with Gasteiger partial charge in [0.15, 0.2) is 0 Å². The van der Waals surface area contributed by atoms with Crippen molar-refractivity contribution >= 4 is 11.3 Å². The first kappa shape index (κ1) is 18.2. The predicted molar refractivity (Wildman–Crippen MR) is 118 cm³/mol. The minimum Gasteiger partial charge on any atom is -0.351 e. The molecule has 0 saturated carbocycles. The van der Waals surface area contributed by atoms with Gasteiger partial charge in [0.05, 0.1) is 0 Å². The van der Waals surface area contributed by atoms with Gasteiger partial charge in [-0.3, -0.25) is 0 Å². The van der Waals surface area contributed by atoms with Crippen molar-refractivity contribution in [1.29, 1.82) is 0 Å². The molecule has 1 nitrogen and oxygen atoms in total. The molecule has 0 aliphatic carbocycles. The smallest absolute Gasteiger partial charge is 0.126 e. The largest absolute Gasteiger partial charge is 0.351 e. The van der Waals surface area contributed by atoms with Crippen molar-refractivity contribution in [3.63, 3.8) is 0 Å². The van der Waals surface area contributed by atoms with Gasteiger partial charge in [0, 0.05) is 24.5 Å². The third-order valence-electron chi connectivity index (χ3n) is 5.51. The molecule has 1 heterocycles. The summed E-state index contributed by atoms with van der Waals surface area (Å²) in [7, 11) is 2.05. The van der Waals surface area contributed by atoms with Crippen molar-refractivity contribution in [3.8, 4) is 22.3 Å². The fourth-order valence-electron chi connectivity index (χ4n) is 3.91. The Labute approximate surface area is 166 Å². The first-order valence-corrected chi connectivity index (χ1v) is 9.62. The van der Waals surface area contributed by atoms with Crippen LogP contribution in [0.25, 0.3) is 27.8 Å². The van der Waals surface area contributed by atoms with Crippen LogP contribution in [-0.4, -0.2) is 7.05 Å². The average Bonchev–Trinajstić information content (AvgIpc) is 2.72. The molecule has 0 aromatic heterocycles. The third kappa shape index (κ3) is 3.05. The first-order valence-electron chi connectivity index (χ1n) is 9.62. The standard InChI is InChI=1S/C26H24FN/c1-5-19-7-6-8-23(26(19)21-10-12-24(27)18(3)15-21)20-9-11-22-17(2)13-14-28(4)25(22)16-20/h6-16H,2,5H2,1,3-4H3. The van der Waals surface area contributed by atoms with E-state index in [9.17, 15) is 4.39 Å². The van der Waals surface area contributed by atoms with E-state index in [0.717, 1.165) is 34.4 Å². The van der Waals surface area contributed by atoms with Crippen LogP contribution in [0.1, 0.15) is 23.6 Å². The van der Waals surface area contributed by atoms with Crippen LogP contribution in [0.5, 0.6) is 0 Å². The van der Waals surface area contributed by atoms with Gasteiger partial charge in [-0.05, 0) is 76.6 Å².